The van der Waals surface area contributed by atoms with Gasteiger partial charge in [0.05, 0.1) is 44.1 Å². The van der Waals surface area contributed by atoms with E-state index in [1.807, 2.05) is 0 Å². The predicted molar refractivity (Wildman–Crippen MR) is 231 cm³/mol. The average Bonchev–Trinajstić information content (AvgIpc) is 4.03. The summed E-state index contributed by atoms with van der Waals surface area (Å²) in [6.07, 6.45) is 0. The zero-order valence-electron chi connectivity index (χ0n) is 29.5. The molecule has 0 radical (unpaired) electrons. The maximum absolute atomic E-state index is 5.63. The van der Waals surface area contributed by atoms with Crippen LogP contribution in [0.3, 0.4) is 0 Å². The number of hydrogen-bond acceptors (Lipinski definition) is 1. The SMILES string of the molecule is c1ccc(-n2c3ccccc3c3cc(-c4c5ccccc5cc5c6cccc7c8nc9c(cc8n(c45)c67)c4cccc5c6ccccc6n9c54)ccc32)cc1. The van der Waals surface area contributed by atoms with E-state index in [4.69, 9.17) is 4.98 Å². The zero-order valence-corrected chi connectivity index (χ0v) is 29.5. The van der Waals surface area contributed by atoms with Crippen molar-refractivity contribution in [2.75, 3.05) is 0 Å². The van der Waals surface area contributed by atoms with Crippen LogP contribution in [0.15, 0.2) is 170 Å². The van der Waals surface area contributed by atoms with Crippen LogP contribution in [0.2, 0.25) is 0 Å². The molecule has 252 valence electrons. The van der Waals surface area contributed by atoms with Crippen LogP contribution in [-0.4, -0.2) is 18.4 Å². The molecule has 0 amide bonds. The van der Waals surface area contributed by atoms with E-state index >= 15 is 0 Å². The molecular weight excluding hydrogens is 669 g/mol. The molecule has 4 nitrogen and oxygen atoms in total. The molecule has 0 aliphatic rings. The second kappa shape index (κ2) is 9.75. The van der Waals surface area contributed by atoms with Gasteiger partial charge < -0.3 is 8.97 Å². The van der Waals surface area contributed by atoms with E-state index < -0.39 is 0 Å². The van der Waals surface area contributed by atoms with E-state index in [-0.39, 0.29) is 0 Å². The maximum Gasteiger partial charge on any atom is 0.146 e. The van der Waals surface area contributed by atoms with Crippen LogP contribution in [0.25, 0.3) is 126 Å². The second-order valence-electron chi connectivity index (χ2n) is 15.1. The molecule has 0 spiro atoms. The van der Waals surface area contributed by atoms with Gasteiger partial charge in [0.25, 0.3) is 0 Å². The van der Waals surface area contributed by atoms with Gasteiger partial charge in [-0.25, -0.2) is 4.98 Å². The van der Waals surface area contributed by atoms with Gasteiger partial charge >= 0.3 is 0 Å². The third-order valence-corrected chi connectivity index (χ3v) is 12.4. The van der Waals surface area contributed by atoms with E-state index in [9.17, 15) is 0 Å². The van der Waals surface area contributed by atoms with Gasteiger partial charge in [-0.2, -0.15) is 0 Å². The summed E-state index contributed by atoms with van der Waals surface area (Å²) in [7, 11) is 0. The first-order valence-electron chi connectivity index (χ1n) is 19.0. The van der Waals surface area contributed by atoms with Crippen molar-refractivity contribution in [3.63, 3.8) is 0 Å². The van der Waals surface area contributed by atoms with Gasteiger partial charge in [0.2, 0.25) is 0 Å². The highest BCUT2D eigenvalue weighted by Gasteiger charge is 2.26. The van der Waals surface area contributed by atoms with Crippen LogP contribution in [0.5, 0.6) is 0 Å². The van der Waals surface area contributed by atoms with Crippen molar-refractivity contribution in [1.82, 2.24) is 18.4 Å². The van der Waals surface area contributed by atoms with Gasteiger partial charge in [-0.15, -0.1) is 0 Å². The van der Waals surface area contributed by atoms with E-state index in [0.717, 1.165) is 16.7 Å². The first kappa shape index (κ1) is 28.1. The number of fused-ring (bicyclic) bond motifs is 16. The van der Waals surface area contributed by atoms with Gasteiger partial charge in [-0.05, 0) is 64.9 Å². The Morgan fingerprint density at radius 3 is 1.80 bits per heavy atom. The van der Waals surface area contributed by atoms with Gasteiger partial charge in [0.15, 0.2) is 0 Å². The van der Waals surface area contributed by atoms with Crippen molar-refractivity contribution < 1.29 is 0 Å². The van der Waals surface area contributed by atoms with Crippen LogP contribution in [0.4, 0.5) is 0 Å². The third-order valence-electron chi connectivity index (χ3n) is 12.4. The van der Waals surface area contributed by atoms with Crippen LogP contribution in [-0.2, 0) is 0 Å². The van der Waals surface area contributed by atoms with Crippen molar-refractivity contribution in [1.29, 1.82) is 0 Å². The Morgan fingerprint density at radius 1 is 0.345 bits per heavy atom. The van der Waals surface area contributed by atoms with Crippen LogP contribution >= 0.6 is 0 Å². The fourth-order valence-electron chi connectivity index (χ4n) is 10.3. The fraction of sp³-hybridized carbons (Fsp3) is 0. The molecule has 0 aliphatic carbocycles. The second-order valence-corrected chi connectivity index (χ2v) is 15.1. The lowest BCUT2D eigenvalue weighted by Crippen LogP contribution is -1.93. The molecule has 0 aliphatic heterocycles. The quantitative estimate of drug-likeness (QED) is 0.177. The fourth-order valence-corrected chi connectivity index (χ4v) is 10.3. The number of aromatic nitrogens is 4. The Bertz CT molecular complexity index is 3940. The average molecular weight is 697 g/mol. The minimum Gasteiger partial charge on any atom is -0.309 e. The maximum atomic E-state index is 5.63. The highest BCUT2D eigenvalue weighted by molar-refractivity contribution is 6.30. The molecule has 0 unspecified atom stereocenters. The summed E-state index contributed by atoms with van der Waals surface area (Å²) >= 11 is 0. The smallest absolute Gasteiger partial charge is 0.146 e. The number of hydrogen-bond donors (Lipinski definition) is 0. The van der Waals surface area contributed by atoms with Crippen molar-refractivity contribution >= 4 is 109 Å². The highest BCUT2D eigenvalue weighted by atomic mass is 15.0. The molecule has 0 atom stereocenters. The van der Waals surface area contributed by atoms with Crippen LogP contribution < -0.4 is 0 Å². The summed E-state index contributed by atoms with van der Waals surface area (Å²) in [5.74, 6) is 0. The Balaban J connectivity index is 1.16. The third kappa shape index (κ3) is 3.33. The number of benzene rings is 8. The largest absolute Gasteiger partial charge is 0.309 e. The van der Waals surface area contributed by atoms with Crippen molar-refractivity contribution in [2.45, 2.75) is 0 Å². The van der Waals surface area contributed by atoms with E-state index in [1.165, 1.54) is 109 Å². The van der Waals surface area contributed by atoms with E-state index in [2.05, 4.69) is 183 Å². The minimum atomic E-state index is 1.02. The Hall–Kier alpha value is -7.43. The Morgan fingerprint density at radius 2 is 0.964 bits per heavy atom. The lowest BCUT2D eigenvalue weighted by atomic mass is 9.93. The van der Waals surface area contributed by atoms with Crippen molar-refractivity contribution in [2.24, 2.45) is 0 Å². The lowest BCUT2D eigenvalue weighted by molar-refractivity contribution is 1.18. The molecule has 8 aromatic carbocycles. The first-order chi connectivity index (χ1) is 27.3. The molecule has 14 rings (SSSR count). The molecule has 4 heteroatoms. The first-order valence-corrected chi connectivity index (χ1v) is 19.0. The molecular formula is C51H28N4. The molecule has 6 aromatic heterocycles. The summed E-state index contributed by atoms with van der Waals surface area (Å²) in [6, 6.07) is 62.5. The number of pyridine rings is 1. The van der Waals surface area contributed by atoms with Gasteiger partial charge in [0, 0.05) is 59.7 Å². The van der Waals surface area contributed by atoms with Crippen LogP contribution in [0.1, 0.15) is 0 Å². The minimum absolute atomic E-state index is 1.02. The normalized spacial score (nSPS) is 12.7. The molecule has 55 heavy (non-hydrogen) atoms. The summed E-state index contributed by atoms with van der Waals surface area (Å²) in [5.41, 5.74) is 14.2. The van der Waals surface area contributed by atoms with E-state index in [1.54, 1.807) is 0 Å². The standard InChI is InChI=1S/C51H28N4/c1-2-13-31(14-3-1)53-42-22-8-7-17-34(42)39-27-30(24-25-44(39)53)46-32-15-5-4-12-29(32)26-40-36-19-11-21-38-47-45(54(49(36)38)50(40)46)28-41-37-20-10-18-35-33-16-6-9-23-43(33)55(48(35)37)51(41)52-47/h1-28H. The lowest BCUT2D eigenvalue weighted by Gasteiger charge is -2.12. The zero-order chi connectivity index (χ0) is 35.5. The summed E-state index contributed by atoms with van der Waals surface area (Å²) < 4.78 is 7.32. The van der Waals surface area contributed by atoms with Crippen molar-refractivity contribution in [3.05, 3.63) is 170 Å². The number of nitrogens with zero attached hydrogens (tertiary/aromatic N) is 4. The van der Waals surface area contributed by atoms with Gasteiger partial charge in [-0.3, -0.25) is 4.40 Å². The summed E-state index contributed by atoms with van der Waals surface area (Å²) in [5, 5.41) is 13.7. The Labute approximate surface area is 313 Å². The Kier molecular flexibility index (Phi) is 4.99. The number of rotatable bonds is 2. The van der Waals surface area contributed by atoms with Crippen LogP contribution in [0, 0.1) is 0 Å². The monoisotopic (exact) mass is 696 g/mol. The topological polar surface area (TPSA) is 26.6 Å². The summed E-state index contributed by atoms with van der Waals surface area (Å²) in [4.78, 5) is 5.63. The predicted octanol–water partition coefficient (Wildman–Crippen LogP) is 13.3. The molecule has 0 bridgehead atoms. The highest BCUT2D eigenvalue weighted by Crippen LogP contribution is 2.47. The molecule has 14 aromatic rings. The molecule has 0 N–H and O–H groups in total. The van der Waals surface area contributed by atoms with Crippen molar-refractivity contribution in [3.8, 4) is 16.8 Å². The molecule has 0 fully saturated rings. The molecule has 6 heterocycles. The summed E-state index contributed by atoms with van der Waals surface area (Å²) in [6.45, 7) is 0. The number of para-hydroxylation sites is 5. The van der Waals surface area contributed by atoms with Gasteiger partial charge in [-0.1, -0.05) is 121 Å². The molecule has 0 saturated heterocycles. The molecule has 0 saturated carbocycles. The van der Waals surface area contributed by atoms with Gasteiger partial charge in [0.1, 0.15) is 5.65 Å². The van der Waals surface area contributed by atoms with E-state index in [0.29, 0.717) is 0 Å².